The first-order chi connectivity index (χ1) is 27.9. The fraction of sp³-hybridized carbons (Fsp3) is 0.422. The molecule has 0 radical (unpaired) electrons. The number of benzene rings is 3. The van der Waals surface area contributed by atoms with Crippen molar-refractivity contribution >= 4 is 34.4 Å². The molecule has 3 saturated carbocycles. The van der Waals surface area contributed by atoms with E-state index >= 15 is 4.39 Å². The number of ether oxygens (including phenoxy) is 2. The molecule has 9 rings (SSSR count). The Bertz CT molecular complexity index is 2370. The molecule has 3 heterocycles. The molecule has 3 aromatic carbocycles. The Morgan fingerprint density at radius 3 is 2.47 bits per heavy atom. The maximum Gasteiger partial charge on any atom is 0.309 e. The van der Waals surface area contributed by atoms with Crippen LogP contribution in [0.25, 0.3) is 33.2 Å². The highest BCUT2D eigenvalue weighted by molar-refractivity contribution is 6.31. The summed E-state index contributed by atoms with van der Waals surface area (Å²) in [5.41, 5.74) is 6.86. The summed E-state index contributed by atoms with van der Waals surface area (Å²) in [6, 6.07) is 17.6. The topological polar surface area (TPSA) is 131 Å². The van der Waals surface area contributed by atoms with Crippen LogP contribution in [0.4, 0.5) is 4.39 Å². The third-order valence-electron chi connectivity index (χ3n) is 13.2. The number of aromatic nitrogens is 3. The smallest absolute Gasteiger partial charge is 0.309 e. The van der Waals surface area contributed by atoms with E-state index in [4.69, 9.17) is 31.2 Å². The Labute approximate surface area is 342 Å². The van der Waals surface area contributed by atoms with Gasteiger partial charge in [0.15, 0.2) is 0 Å². The summed E-state index contributed by atoms with van der Waals surface area (Å²) in [4.78, 5) is 30.8. The number of rotatable bonds is 14. The van der Waals surface area contributed by atoms with Crippen LogP contribution in [0, 0.1) is 18.2 Å². The van der Waals surface area contributed by atoms with Gasteiger partial charge in [-0.2, -0.15) is 5.10 Å². The first-order valence-corrected chi connectivity index (χ1v) is 20.4. The van der Waals surface area contributed by atoms with Crippen molar-refractivity contribution in [2.75, 3.05) is 27.8 Å². The van der Waals surface area contributed by atoms with Crippen LogP contribution < -0.4 is 20.1 Å². The predicted molar refractivity (Wildman–Crippen MR) is 222 cm³/mol. The minimum absolute atomic E-state index is 0.0421. The zero-order valence-corrected chi connectivity index (χ0v) is 34.2. The van der Waals surface area contributed by atoms with Gasteiger partial charge in [0, 0.05) is 54.1 Å². The van der Waals surface area contributed by atoms with Gasteiger partial charge in [-0.3, -0.25) is 19.2 Å². The van der Waals surface area contributed by atoms with Gasteiger partial charge < -0.3 is 25.2 Å². The maximum atomic E-state index is 15.7. The SMILES string of the molecule is COc1cc(-c2cccc(-c3cccc4c3cnn4Cc3nc(OC)c(CN(C)C45CCC(C(=O)O)(CC4)CC5)cc3Cl)c2C)cc(F)c1CNC[C@@H]1CCC(=O)N1. The van der Waals surface area contributed by atoms with Crippen molar-refractivity contribution in [2.24, 2.45) is 5.41 Å². The minimum atomic E-state index is -0.655. The molecule has 1 aliphatic heterocycles. The summed E-state index contributed by atoms with van der Waals surface area (Å²) in [5.74, 6) is 0.00384. The van der Waals surface area contributed by atoms with Crippen LogP contribution in [-0.2, 0) is 29.2 Å². The number of methoxy groups -OCH3 is 2. The lowest BCUT2D eigenvalue weighted by Gasteiger charge is -2.55. The van der Waals surface area contributed by atoms with Crippen LogP contribution in [0.5, 0.6) is 11.6 Å². The number of pyridine rings is 1. The van der Waals surface area contributed by atoms with Gasteiger partial charge in [0.1, 0.15) is 11.6 Å². The average molecular weight is 809 g/mol. The molecule has 2 bridgehead atoms. The van der Waals surface area contributed by atoms with Gasteiger partial charge in [-0.1, -0.05) is 41.9 Å². The highest BCUT2D eigenvalue weighted by Gasteiger charge is 2.54. The van der Waals surface area contributed by atoms with Crippen LogP contribution in [0.2, 0.25) is 5.02 Å². The van der Waals surface area contributed by atoms with Gasteiger partial charge in [0.2, 0.25) is 11.8 Å². The number of hydrogen-bond donors (Lipinski definition) is 3. The molecule has 304 valence electrons. The number of carbonyl (C=O) groups excluding carboxylic acids is 1. The second-order valence-corrected chi connectivity index (χ2v) is 16.7. The van der Waals surface area contributed by atoms with Crippen molar-refractivity contribution < 1.29 is 28.6 Å². The molecule has 13 heteroatoms. The molecular formula is C45H50ClFN6O5. The first-order valence-electron chi connectivity index (χ1n) is 20.0. The zero-order valence-electron chi connectivity index (χ0n) is 33.5. The number of carboxylic acids is 1. The molecule has 4 aliphatic rings. The molecule has 5 aromatic rings. The molecule has 3 aliphatic carbocycles. The van der Waals surface area contributed by atoms with Gasteiger partial charge >= 0.3 is 5.97 Å². The fourth-order valence-electron chi connectivity index (χ4n) is 9.60. The number of aliphatic carboxylic acids is 1. The molecule has 0 unspecified atom stereocenters. The number of hydrogen-bond acceptors (Lipinski definition) is 8. The largest absolute Gasteiger partial charge is 0.496 e. The van der Waals surface area contributed by atoms with E-state index in [-0.39, 0.29) is 29.8 Å². The van der Waals surface area contributed by atoms with Crippen molar-refractivity contribution in [1.29, 1.82) is 0 Å². The number of nitrogens with zero attached hydrogens (tertiary/aromatic N) is 4. The Morgan fingerprint density at radius 2 is 1.78 bits per heavy atom. The lowest BCUT2D eigenvalue weighted by Crippen LogP contribution is -2.56. The summed E-state index contributed by atoms with van der Waals surface area (Å²) >= 11 is 6.95. The molecule has 1 atom stereocenters. The van der Waals surface area contributed by atoms with Crippen LogP contribution >= 0.6 is 11.6 Å². The van der Waals surface area contributed by atoms with Crippen molar-refractivity contribution in [3.8, 4) is 33.9 Å². The monoisotopic (exact) mass is 808 g/mol. The van der Waals surface area contributed by atoms with Crippen LogP contribution in [-0.4, -0.2) is 76.0 Å². The minimum Gasteiger partial charge on any atom is -0.496 e. The van der Waals surface area contributed by atoms with Crippen LogP contribution in [0.1, 0.15) is 73.8 Å². The molecule has 0 spiro atoms. The van der Waals surface area contributed by atoms with Gasteiger partial charge in [-0.15, -0.1) is 0 Å². The van der Waals surface area contributed by atoms with E-state index < -0.39 is 11.4 Å². The van der Waals surface area contributed by atoms with Crippen molar-refractivity contribution in [2.45, 2.75) is 89.5 Å². The van der Waals surface area contributed by atoms with Gasteiger partial charge in [0.25, 0.3) is 0 Å². The average Bonchev–Trinajstić information content (AvgIpc) is 3.85. The summed E-state index contributed by atoms with van der Waals surface area (Å²) in [6.45, 7) is 3.80. The molecular weight excluding hydrogens is 759 g/mol. The molecule has 58 heavy (non-hydrogen) atoms. The van der Waals surface area contributed by atoms with Crippen LogP contribution in [0.15, 0.2) is 60.8 Å². The summed E-state index contributed by atoms with van der Waals surface area (Å²) in [7, 11) is 5.28. The van der Waals surface area contributed by atoms with Crippen molar-refractivity contribution in [3.63, 3.8) is 0 Å². The third kappa shape index (κ3) is 7.30. The van der Waals surface area contributed by atoms with Gasteiger partial charge in [-0.25, -0.2) is 9.37 Å². The first kappa shape index (κ1) is 39.8. The number of nitrogens with one attached hydrogen (secondary N) is 2. The van der Waals surface area contributed by atoms with Gasteiger partial charge in [0.05, 0.1) is 48.6 Å². The number of carbonyl (C=O) groups is 2. The number of amides is 1. The lowest BCUT2D eigenvalue weighted by molar-refractivity contribution is -0.160. The maximum absolute atomic E-state index is 15.7. The van der Waals surface area contributed by atoms with E-state index in [9.17, 15) is 14.7 Å². The van der Waals surface area contributed by atoms with Crippen molar-refractivity contribution in [1.82, 2.24) is 30.3 Å². The highest BCUT2D eigenvalue weighted by Crippen LogP contribution is 2.55. The standard InChI is InChI=1S/C45H50ClFN6O5/c1-27-31(28-20-37(47)35(40(21-28)57-3)23-48-22-30-11-12-41(54)50-30)7-5-8-32(27)33-9-6-10-39-34(33)24-49-53(39)26-38-36(46)19-29(42(51-38)58-4)25-52(2)45-16-13-44(14-17-45,15-18-45)43(55)56/h5-10,19-21,24,30,48H,11-18,22-23,25-26H2,1-4H3,(H,50,54)(H,55,56)/t30-,44?,45?/m0/s1. The van der Waals surface area contributed by atoms with E-state index in [1.165, 1.54) is 0 Å². The second kappa shape index (κ2) is 16.0. The number of fused-ring (bicyclic) bond motifs is 4. The lowest BCUT2D eigenvalue weighted by atomic mass is 9.57. The Kier molecular flexibility index (Phi) is 10.9. The Balaban J connectivity index is 1.02. The fourth-order valence-corrected chi connectivity index (χ4v) is 9.83. The van der Waals surface area contributed by atoms with E-state index in [1.54, 1.807) is 20.3 Å². The summed E-state index contributed by atoms with van der Waals surface area (Å²) in [5, 5.41) is 22.3. The Hall–Kier alpha value is -5.04. The molecule has 3 N–H and O–H groups in total. The molecule has 4 fully saturated rings. The normalized spacial score (nSPS) is 21.5. The third-order valence-corrected chi connectivity index (χ3v) is 13.6. The summed E-state index contributed by atoms with van der Waals surface area (Å²) < 4.78 is 29.1. The van der Waals surface area contributed by atoms with E-state index in [0.717, 1.165) is 64.4 Å². The van der Waals surface area contributed by atoms with E-state index in [2.05, 4.69) is 34.7 Å². The van der Waals surface area contributed by atoms with E-state index in [0.29, 0.717) is 78.8 Å². The highest BCUT2D eigenvalue weighted by atomic mass is 35.5. The number of halogens is 2. The van der Waals surface area contributed by atoms with Gasteiger partial charge in [-0.05, 0) is 111 Å². The molecule has 1 amide bonds. The van der Waals surface area contributed by atoms with E-state index in [1.807, 2.05) is 54.2 Å². The zero-order chi connectivity index (χ0) is 40.8. The predicted octanol–water partition coefficient (Wildman–Crippen LogP) is 7.91. The molecule has 11 nitrogen and oxygen atoms in total. The van der Waals surface area contributed by atoms with Crippen molar-refractivity contribution in [3.05, 3.63) is 94.0 Å². The molecule has 2 aromatic heterocycles. The second-order valence-electron chi connectivity index (χ2n) is 16.3. The molecule has 1 saturated heterocycles. The Morgan fingerprint density at radius 1 is 1.05 bits per heavy atom. The number of carboxylic acid groups (broad SMARTS) is 1. The quantitative estimate of drug-likeness (QED) is 0.103. The summed E-state index contributed by atoms with van der Waals surface area (Å²) in [6.07, 6.45) is 7.85. The van der Waals surface area contributed by atoms with Crippen LogP contribution in [0.3, 0.4) is 0 Å².